The lowest BCUT2D eigenvalue weighted by Crippen LogP contribution is -2.61. The van der Waals surface area contributed by atoms with E-state index in [1.807, 2.05) is 0 Å². The van der Waals surface area contributed by atoms with E-state index >= 15 is 0 Å². The zero-order valence-electron chi connectivity index (χ0n) is 20.1. The molecule has 3 rings (SSSR count). The number of hydrogen-bond donors (Lipinski definition) is 4. The van der Waals surface area contributed by atoms with Gasteiger partial charge in [0.05, 0.1) is 22.9 Å². The van der Waals surface area contributed by atoms with Gasteiger partial charge in [-0.15, -0.1) is 0 Å². The number of aliphatic hydroxyl groups is 4. The van der Waals surface area contributed by atoms with Crippen LogP contribution in [0.5, 0.6) is 0 Å². The van der Waals surface area contributed by atoms with Gasteiger partial charge in [-0.2, -0.15) is 0 Å². The first-order chi connectivity index (χ1) is 14.3. The normalized spacial score (nSPS) is 39.0. The minimum atomic E-state index is -1.19. The van der Waals surface area contributed by atoms with Gasteiger partial charge in [0, 0.05) is 5.41 Å². The molecule has 0 bridgehead atoms. The highest BCUT2D eigenvalue weighted by Gasteiger charge is 2.64. The van der Waals surface area contributed by atoms with Crippen LogP contribution < -0.4 is 0 Å². The summed E-state index contributed by atoms with van der Waals surface area (Å²) in [6.07, 6.45) is 12.6. The maximum Gasteiger partial charge on any atom is 0.0989 e. The molecule has 0 amide bonds. The van der Waals surface area contributed by atoms with E-state index in [-0.39, 0.29) is 17.4 Å². The number of fused-ring (bicyclic) bond motifs is 1. The van der Waals surface area contributed by atoms with Crippen LogP contribution in [0.1, 0.15) is 98.3 Å². The summed E-state index contributed by atoms with van der Waals surface area (Å²) in [6.45, 7) is 11.7. The molecule has 0 aromatic rings. The summed E-state index contributed by atoms with van der Waals surface area (Å²) >= 11 is 0. The molecule has 3 saturated carbocycles. The molecule has 3 aliphatic rings. The van der Waals surface area contributed by atoms with Gasteiger partial charge in [0.2, 0.25) is 0 Å². The summed E-state index contributed by atoms with van der Waals surface area (Å²) < 4.78 is 0. The van der Waals surface area contributed by atoms with Crippen molar-refractivity contribution >= 4 is 0 Å². The van der Waals surface area contributed by atoms with Gasteiger partial charge < -0.3 is 20.4 Å². The highest BCUT2D eigenvalue weighted by molar-refractivity contribution is 5.37. The third-order valence-corrected chi connectivity index (χ3v) is 8.65. The lowest BCUT2D eigenvalue weighted by molar-refractivity contribution is -0.204. The first kappa shape index (κ1) is 24.7. The smallest absolute Gasteiger partial charge is 0.0989 e. The second-order valence-corrected chi connectivity index (χ2v) is 11.6. The van der Waals surface area contributed by atoms with Gasteiger partial charge in [0.15, 0.2) is 0 Å². The molecule has 5 atom stereocenters. The number of rotatable bonds is 6. The van der Waals surface area contributed by atoms with Gasteiger partial charge in [-0.25, -0.2) is 0 Å². The van der Waals surface area contributed by atoms with Gasteiger partial charge in [0.25, 0.3) is 0 Å². The lowest BCUT2D eigenvalue weighted by Gasteiger charge is -2.53. The van der Waals surface area contributed by atoms with E-state index in [1.165, 1.54) is 5.57 Å². The summed E-state index contributed by atoms with van der Waals surface area (Å²) in [7, 11) is 0. The van der Waals surface area contributed by atoms with Crippen LogP contribution in [0.4, 0.5) is 0 Å². The molecule has 176 valence electrons. The zero-order valence-corrected chi connectivity index (χ0v) is 20.1. The Balaban J connectivity index is 1.80. The third kappa shape index (κ3) is 4.88. The van der Waals surface area contributed by atoms with E-state index in [4.69, 9.17) is 0 Å². The minimum Gasteiger partial charge on any atom is -0.393 e. The highest BCUT2D eigenvalue weighted by atomic mass is 16.4. The van der Waals surface area contributed by atoms with E-state index in [2.05, 4.69) is 25.7 Å². The Bertz CT molecular complexity index is 741. The lowest BCUT2D eigenvalue weighted by atomic mass is 9.57. The van der Waals surface area contributed by atoms with Crippen LogP contribution in [0.25, 0.3) is 0 Å². The van der Waals surface area contributed by atoms with Crippen LogP contribution in [0.2, 0.25) is 0 Å². The quantitative estimate of drug-likeness (QED) is 0.478. The second-order valence-electron chi connectivity index (χ2n) is 11.6. The fraction of sp³-hybridized carbons (Fsp3) is 0.778. The molecular weight excluding hydrogens is 388 g/mol. The Morgan fingerprint density at radius 2 is 1.77 bits per heavy atom. The molecular formula is C27H44O4. The molecule has 0 aromatic heterocycles. The van der Waals surface area contributed by atoms with Crippen molar-refractivity contribution in [2.75, 3.05) is 0 Å². The van der Waals surface area contributed by atoms with Crippen molar-refractivity contribution in [3.8, 4) is 0 Å². The summed E-state index contributed by atoms with van der Waals surface area (Å²) in [6, 6.07) is 0. The average molecular weight is 433 g/mol. The van der Waals surface area contributed by atoms with E-state index in [0.29, 0.717) is 32.1 Å². The Morgan fingerprint density at radius 1 is 1.06 bits per heavy atom. The molecule has 3 aliphatic carbocycles. The standard InChI is InChI=1S/C27H44O4/c1-19-9-12-22(28)18-21(19)11-10-20-8-6-15-25(4)23(20)13-17-27(25,31)26(5,30)16-7-14-24(2,3)29/h10-11,22-23,28-31H,1,6-9,12-18H2,2-5H3/b20-10+,21-11-/t22-,23-,25-,26-,27+/m0/s1. The molecule has 0 aliphatic heterocycles. The summed E-state index contributed by atoms with van der Waals surface area (Å²) in [4.78, 5) is 0. The minimum absolute atomic E-state index is 0.255. The zero-order chi connectivity index (χ0) is 23.1. The predicted octanol–water partition coefficient (Wildman–Crippen LogP) is 4.96. The Kier molecular flexibility index (Phi) is 6.99. The molecule has 0 saturated heterocycles. The van der Waals surface area contributed by atoms with Crippen molar-refractivity contribution in [2.24, 2.45) is 11.3 Å². The van der Waals surface area contributed by atoms with Gasteiger partial charge in [0.1, 0.15) is 0 Å². The molecule has 0 aromatic carbocycles. The average Bonchev–Trinajstić information content (AvgIpc) is 2.94. The Morgan fingerprint density at radius 3 is 2.45 bits per heavy atom. The maximum atomic E-state index is 11.9. The number of allylic oxidation sites excluding steroid dienone is 4. The highest BCUT2D eigenvalue weighted by Crippen LogP contribution is 2.63. The van der Waals surface area contributed by atoms with Crippen LogP contribution in [-0.2, 0) is 0 Å². The second kappa shape index (κ2) is 8.78. The van der Waals surface area contributed by atoms with Gasteiger partial charge in [-0.3, -0.25) is 0 Å². The van der Waals surface area contributed by atoms with Crippen LogP contribution in [0.3, 0.4) is 0 Å². The fourth-order valence-electron chi connectivity index (χ4n) is 6.61. The van der Waals surface area contributed by atoms with Crippen LogP contribution in [0, 0.1) is 11.3 Å². The van der Waals surface area contributed by atoms with E-state index in [0.717, 1.165) is 49.7 Å². The maximum absolute atomic E-state index is 11.9. The van der Waals surface area contributed by atoms with Crippen molar-refractivity contribution in [2.45, 2.75) is 121 Å². The predicted molar refractivity (Wildman–Crippen MR) is 126 cm³/mol. The van der Waals surface area contributed by atoms with Gasteiger partial charge in [-0.1, -0.05) is 36.8 Å². The Hall–Kier alpha value is -0.940. The first-order valence-electron chi connectivity index (χ1n) is 12.2. The van der Waals surface area contributed by atoms with E-state index in [1.54, 1.807) is 20.8 Å². The molecule has 3 fully saturated rings. The third-order valence-electron chi connectivity index (χ3n) is 8.65. The van der Waals surface area contributed by atoms with E-state index in [9.17, 15) is 20.4 Å². The molecule has 0 radical (unpaired) electrons. The van der Waals surface area contributed by atoms with E-state index < -0.39 is 16.8 Å². The molecule has 4 nitrogen and oxygen atoms in total. The van der Waals surface area contributed by atoms with Crippen molar-refractivity contribution in [1.29, 1.82) is 0 Å². The topological polar surface area (TPSA) is 80.9 Å². The van der Waals surface area contributed by atoms with Gasteiger partial charge in [-0.05, 0) is 103 Å². The molecule has 31 heavy (non-hydrogen) atoms. The van der Waals surface area contributed by atoms with Crippen molar-refractivity contribution in [3.63, 3.8) is 0 Å². The summed E-state index contributed by atoms with van der Waals surface area (Å²) in [5, 5.41) is 43.4. The summed E-state index contributed by atoms with van der Waals surface area (Å²) in [5.41, 5.74) is 0.176. The van der Waals surface area contributed by atoms with Gasteiger partial charge >= 0.3 is 0 Å². The molecule has 0 spiro atoms. The van der Waals surface area contributed by atoms with Crippen LogP contribution >= 0.6 is 0 Å². The SMILES string of the molecule is C=C1CC[C@H](O)C/C1=C/C=C1\CCC[C@@]2(C)[C@H]1CC[C@]2(O)[C@@](C)(O)CCCC(C)(C)O. The first-order valence-corrected chi connectivity index (χ1v) is 12.2. The largest absolute Gasteiger partial charge is 0.393 e. The molecule has 0 heterocycles. The molecule has 0 unspecified atom stereocenters. The summed E-state index contributed by atoms with van der Waals surface area (Å²) in [5.74, 6) is 0.255. The Labute approximate surface area is 188 Å². The van der Waals surface area contributed by atoms with Crippen molar-refractivity contribution in [1.82, 2.24) is 0 Å². The monoisotopic (exact) mass is 432 g/mol. The number of hydrogen-bond acceptors (Lipinski definition) is 4. The molecule has 4 heteroatoms. The van der Waals surface area contributed by atoms with Crippen LogP contribution in [-0.4, -0.2) is 43.3 Å². The van der Waals surface area contributed by atoms with Crippen molar-refractivity contribution in [3.05, 3.63) is 35.5 Å². The fourth-order valence-corrected chi connectivity index (χ4v) is 6.61. The number of aliphatic hydroxyl groups excluding tert-OH is 1. The van der Waals surface area contributed by atoms with Crippen LogP contribution in [0.15, 0.2) is 35.5 Å². The van der Waals surface area contributed by atoms with Crippen molar-refractivity contribution < 1.29 is 20.4 Å². The molecule has 4 N–H and O–H groups in total.